The van der Waals surface area contributed by atoms with Crippen LogP contribution in [0.3, 0.4) is 0 Å². The monoisotopic (exact) mass is 293 g/mol. The van der Waals surface area contributed by atoms with E-state index in [4.69, 9.17) is 4.74 Å². The molecule has 1 saturated heterocycles. The zero-order valence-electron chi connectivity index (χ0n) is 6.89. The first-order chi connectivity index (χ1) is 6.25. The smallest absolute Gasteiger partial charge is 0.166 e. The molecule has 0 spiro atoms. The van der Waals surface area contributed by atoms with E-state index in [0.29, 0.717) is 5.75 Å². The third-order valence-electron chi connectivity index (χ3n) is 1.93. The highest BCUT2D eigenvalue weighted by molar-refractivity contribution is 14.1. The van der Waals surface area contributed by atoms with Crippen LogP contribution in [0.1, 0.15) is 0 Å². The molecule has 0 aromatic heterocycles. The van der Waals surface area contributed by atoms with E-state index in [-0.39, 0.29) is 11.9 Å². The number of nitrogens with one attached hydrogen (secondary N) is 1. The first-order valence-electron chi connectivity index (χ1n) is 4.08. The summed E-state index contributed by atoms with van der Waals surface area (Å²) in [6.07, 6.45) is 0.134. The van der Waals surface area contributed by atoms with Crippen molar-refractivity contribution in [1.82, 2.24) is 5.32 Å². The highest BCUT2D eigenvalue weighted by atomic mass is 127. The number of hydrogen-bond donors (Lipinski definition) is 1. The molecule has 0 atom stereocenters. The maximum Gasteiger partial charge on any atom is 0.166 e. The predicted octanol–water partition coefficient (Wildman–Crippen LogP) is 1.78. The quantitative estimate of drug-likeness (QED) is 0.839. The van der Waals surface area contributed by atoms with Gasteiger partial charge in [-0.05, 0) is 40.8 Å². The van der Waals surface area contributed by atoms with Crippen molar-refractivity contribution in [3.05, 3.63) is 27.6 Å². The van der Waals surface area contributed by atoms with Gasteiger partial charge in [0.15, 0.2) is 11.6 Å². The van der Waals surface area contributed by atoms with E-state index in [9.17, 15) is 4.39 Å². The molecule has 1 aromatic carbocycles. The average molecular weight is 293 g/mol. The molecule has 70 valence electrons. The van der Waals surface area contributed by atoms with Crippen LogP contribution in [0.5, 0.6) is 5.75 Å². The van der Waals surface area contributed by atoms with Crippen LogP contribution in [-0.2, 0) is 0 Å². The number of ether oxygens (including phenoxy) is 1. The van der Waals surface area contributed by atoms with Gasteiger partial charge in [-0.3, -0.25) is 0 Å². The second kappa shape index (κ2) is 3.79. The molecule has 1 aromatic rings. The summed E-state index contributed by atoms with van der Waals surface area (Å²) in [5, 5.41) is 3.06. The molecule has 1 N–H and O–H groups in total. The van der Waals surface area contributed by atoms with E-state index in [0.717, 1.165) is 16.7 Å². The van der Waals surface area contributed by atoms with Gasteiger partial charge < -0.3 is 10.1 Å². The molecular formula is C9H9FINO. The summed E-state index contributed by atoms with van der Waals surface area (Å²) in [7, 11) is 0. The fourth-order valence-electron chi connectivity index (χ4n) is 1.10. The highest BCUT2D eigenvalue weighted by Gasteiger charge is 2.19. The first kappa shape index (κ1) is 9.21. The molecule has 13 heavy (non-hydrogen) atoms. The number of hydrogen-bond acceptors (Lipinski definition) is 2. The minimum atomic E-state index is -0.279. The van der Waals surface area contributed by atoms with Crippen LogP contribution in [0.4, 0.5) is 4.39 Å². The lowest BCUT2D eigenvalue weighted by Crippen LogP contribution is -2.50. The topological polar surface area (TPSA) is 21.3 Å². The van der Waals surface area contributed by atoms with Crippen LogP contribution >= 0.6 is 22.6 Å². The Morgan fingerprint density at radius 1 is 1.46 bits per heavy atom. The normalized spacial score (nSPS) is 16.8. The van der Waals surface area contributed by atoms with Crippen LogP contribution < -0.4 is 10.1 Å². The van der Waals surface area contributed by atoms with Gasteiger partial charge in [-0.15, -0.1) is 0 Å². The van der Waals surface area contributed by atoms with Gasteiger partial charge in [0.2, 0.25) is 0 Å². The van der Waals surface area contributed by atoms with Crippen LogP contribution in [0.15, 0.2) is 18.2 Å². The van der Waals surface area contributed by atoms with Crippen LogP contribution in [0, 0.1) is 9.39 Å². The van der Waals surface area contributed by atoms with Gasteiger partial charge in [-0.25, -0.2) is 4.39 Å². The molecule has 0 saturated carbocycles. The lowest BCUT2D eigenvalue weighted by molar-refractivity contribution is 0.136. The molecular weight excluding hydrogens is 284 g/mol. The summed E-state index contributed by atoms with van der Waals surface area (Å²) < 4.78 is 19.5. The summed E-state index contributed by atoms with van der Waals surface area (Å²) in [5.74, 6) is 0.0747. The Hall–Kier alpha value is -0.360. The van der Waals surface area contributed by atoms with Crippen molar-refractivity contribution < 1.29 is 9.13 Å². The van der Waals surface area contributed by atoms with Crippen molar-refractivity contribution in [2.45, 2.75) is 6.10 Å². The molecule has 0 amide bonds. The Morgan fingerprint density at radius 2 is 2.23 bits per heavy atom. The minimum absolute atomic E-state index is 0.134. The maximum absolute atomic E-state index is 13.2. The summed E-state index contributed by atoms with van der Waals surface area (Å²) in [4.78, 5) is 0. The number of benzene rings is 1. The largest absolute Gasteiger partial charge is 0.485 e. The van der Waals surface area contributed by atoms with Crippen LogP contribution in [-0.4, -0.2) is 19.2 Å². The summed E-state index contributed by atoms with van der Waals surface area (Å²) in [5.41, 5.74) is 0. The van der Waals surface area contributed by atoms with E-state index in [1.165, 1.54) is 6.07 Å². The van der Waals surface area contributed by atoms with Crippen molar-refractivity contribution >= 4 is 22.6 Å². The first-order valence-corrected chi connectivity index (χ1v) is 5.16. The zero-order valence-corrected chi connectivity index (χ0v) is 9.05. The fraction of sp³-hybridized carbons (Fsp3) is 0.333. The molecule has 1 fully saturated rings. The maximum atomic E-state index is 13.2. The van der Waals surface area contributed by atoms with Crippen molar-refractivity contribution in [3.8, 4) is 5.75 Å². The van der Waals surface area contributed by atoms with Gasteiger partial charge in [0.1, 0.15) is 6.10 Å². The SMILES string of the molecule is Fc1cc(I)ccc1OC1CNC1. The Balaban J connectivity index is 2.10. The molecule has 1 heterocycles. The second-order valence-corrected chi connectivity index (χ2v) is 4.22. The van der Waals surface area contributed by atoms with Crippen LogP contribution in [0.25, 0.3) is 0 Å². The minimum Gasteiger partial charge on any atom is -0.485 e. The second-order valence-electron chi connectivity index (χ2n) is 2.97. The summed E-state index contributed by atoms with van der Waals surface area (Å²) in [6.45, 7) is 1.62. The third-order valence-corrected chi connectivity index (χ3v) is 2.60. The van der Waals surface area contributed by atoms with E-state index >= 15 is 0 Å². The van der Waals surface area contributed by atoms with E-state index < -0.39 is 0 Å². The highest BCUT2D eigenvalue weighted by Crippen LogP contribution is 2.21. The number of halogens is 2. The van der Waals surface area contributed by atoms with Crippen molar-refractivity contribution in [2.24, 2.45) is 0 Å². The molecule has 0 bridgehead atoms. The van der Waals surface area contributed by atoms with E-state index in [1.807, 2.05) is 6.07 Å². The Bertz CT molecular complexity index is 314. The lowest BCUT2D eigenvalue weighted by atomic mass is 10.2. The predicted molar refractivity (Wildman–Crippen MR) is 56.4 cm³/mol. The molecule has 0 radical (unpaired) electrons. The summed E-state index contributed by atoms with van der Waals surface area (Å²) >= 11 is 2.07. The molecule has 2 nitrogen and oxygen atoms in total. The Morgan fingerprint density at radius 3 is 2.77 bits per heavy atom. The fourth-order valence-corrected chi connectivity index (χ4v) is 1.55. The van der Waals surface area contributed by atoms with Gasteiger partial charge in [-0.2, -0.15) is 0 Å². The Labute approximate surface area is 89.6 Å². The third kappa shape index (κ3) is 2.11. The van der Waals surface area contributed by atoms with Gasteiger partial charge in [-0.1, -0.05) is 0 Å². The molecule has 1 aliphatic heterocycles. The van der Waals surface area contributed by atoms with Gasteiger partial charge in [0, 0.05) is 16.7 Å². The standard InChI is InChI=1S/C9H9FINO/c10-8-3-6(11)1-2-9(8)13-7-4-12-5-7/h1-3,7,12H,4-5H2. The summed E-state index contributed by atoms with van der Waals surface area (Å²) in [6, 6.07) is 4.99. The van der Waals surface area contributed by atoms with Gasteiger partial charge in [0.25, 0.3) is 0 Å². The zero-order chi connectivity index (χ0) is 9.26. The van der Waals surface area contributed by atoms with E-state index in [1.54, 1.807) is 6.07 Å². The van der Waals surface area contributed by atoms with Crippen molar-refractivity contribution in [1.29, 1.82) is 0 Å². The Kier molecular flexibility index (Phi) is 2.69. The molecule has 4 heteroatoms. The van der Waals surface area contributed by atoms with E-state index in [2.05, 4.69) is 27.9 Å². The van der Waals surface area contributed by atoms with Crippen LogP contribution in [0.2, 0.25) is 0 Å². The lowest BCUT2D eigenvalue weighted by Gasteiger charge is -2.27. The van der Waals surface area contributed by atoms with Gasteiger partial charge in [0.05, 0.1) is 0 Å². The molecule has 1 aliphatic rings. The van der Waals surface area contributed by atoms with Gasteiger partial charge >= 0.3 is 0 Å². The molecule has 0 unspecified atom stereocenters. The van der Waals surface area contributed by atoms with Crippen molar-refractivity contribution in [2.75, 3.05) is 13.1 Å². The number of rotatable bonds is 2. The molecule has 2 rings (SSSR count). The molecule has 0 aliphatic carbocycles. The van der Waals surface area contributed by atoms with Crippen molar-refractivity contribution in [3.63, 3.8) is 0 Å². The average Bonchev–Trinajstić information content (AvgIpc) is 1.99.